The van der Waals surface area contributed by atoms with Gasteiger partial charge in [0.15, 0.2) is 11.4 Å². The number of hydrogen-bond acceptors (Lipinski definition) is 5. The molecule has 1 saturated heterocycles. The molecule has 2 saturated carbocycles. The van der Waals surface area contributed by atoms with Gasteiger partial charge in [0.25, 0.3) is 0 Å². The lowest BCUT2D eigenvalue weighted by Gasteiger charge is -2.31. The summed E-state index contributed by atoms with van der Waals surface area (Å²) in [6, 6.07) is 5.60. The number of carbonyl (C=O) groups is 4. The molecule has 1 heterocycles. The van der Waals surface area contributed by atoms with Crippen LogP contribution in [-0.4, -0.2) is 65.4 Å². The van der Waals surface area contributed by atoms with Gasteiger partial charge >= 0.3 is 12.1 Å². The zero-order chi connectivity index (χ0) is 26.3. The average molecular weight is 511 g/mol. The normalized spacial score (nSPS) is 25.3. The standard InChI is InChI=1S/C27H31FN4O5/c1-16(18-5-6-18)32(13-17-3-7-19(28)8-4-17)23(33)14-31-15-27(37-26(31)36)12-11-20-21(27)9-10-22(24(20)34)30-25(35)29-2/h3-4,7-10,16,18,20H,5-6,11-15H2,1-2H3,(H2,29,30,35)/t16-,20?,27+/m1/s1. The highest BCUT2D eigenvalue weighted by molar-refractivity contribution is 6.03. The van der Waals surface area contributed by atoms with Gasteiger partial charge in [0.2, 0.25) is 5.91 Å². The largest absolute Gasteiger partial charge is 0.436 e. The van der Waals surface area contributed by atoms with E-state index < -0.39 is 23.6 Å². The van der Waals surface area contributed by atoms with Gasteiger partial charge in [-0.25, -0.2) is 14.0 Å². The van der Waals surface area contributed by atoms with Crippen molar-refractivity contribution in [1.29, 1.82) is 0 Å². The maximum atomic E-state index is 13.5. The van der Waals surface area contributed by atoms with Gasteiger partial charge in [-0.15, -0.1) is 0 Å². The first-order chi connectivity index (χ1) is 17.7. The van der Waals surface area contributed by atoms with E-state index in [1.54, 1.807) is 29.2 Å². The highest BCUT2D eigenvalue weighted by atomic mass is 19.1. The fourth-order valence-electron chi connectivity index (χ4n) is 5.64. The summed E-state index contributed by atoms with van der Waals surface area (Å²) in [6.07, 6.45) is 5.76. The second kappa shape index (κ2) is 9.64. The number of rotatable bonds is 7. The third-order valence-electron chi connectivity index (χ3n) is 7.92. The van der Waals surface area contributed by atoms with E-state index in [4.69, 9.17) is 4.74 Å². The quantitative estimate of drug-likeness (QED) is 0.587. The monoisotopic (exact) mass is 510 g/mol. The maximum Gasteiger partial charge on any atom is 0.411 e. The van der Waals surface area contributed by atoms with E-state index in [0.717, 1.165) is 18.4 Å². The van der Waals surface area contributed by atoms with Crippen molar-refractivity contribution >= 4 is 23.8 Å². The van der Waals surface area contributed by atoms with Crippen molar-refractivity contribution < 1.29 is 28.3 Å². The summed E-state index contributed by atoms with van der Waals surface area (Å²) in [5, 5.41) is 4.97. The van der Waals surface area contributed by atoms with E-state index in [2.05, 4.69) is 10.6 Å². The van der Waals surface area contributed by atoms with Gasteiger partial charge in [-0.2, -0.15) is 0 Å². The van der Waals surface area contributed by atoms with Crippen LogP contribution in [0, 0.1) is 17.7 Å². The van der Waals surface area contributed by atoms with Gasteiger partial charge in [0.05, 0.1) is 12.2 Å². The molecule has 1 unspecified atom stereocenters. The van der Waals surface area contributed by atoms with Crippen LogP contribution in [0.3, 0.4) is 0 Å². The molecule has 4 amide bonds. The molecule has 3 aliphatic carbocycles. The Morgan fingerprint density at radius 3 is 2.59 bits per heavy atom. The zero-order valence-electron chi connectivity index (χ0n) is 21.0. The summed E-state index contributed by atoms with van der Waals surface area (Å²) < 4.78 is 19.2. The third kappa shape index (κ3) is 4.84. The van der Waals surface area contributed by atoms with Crippen LogP contribution in [0.2, 0.25) is 0 Å². The number of urea groups is 1. The highest BCUT2D eigenvalue weighted by Gasteiger charge is 2.56. The average Bonchev–Trinajstić information content (AvgIpc) is 3.61. The van der Waals surface area contributed by atoms with Crippen molar-refractivity contribution in [3.05, 3.63) is 59.1 Å². The Labute approximate surface area is 214 Å². The molecule has 0 radical (unpaired) electrons. The maximum absolute atomic E-state index is 13.5. The van der Waals surface area contributed by atoms with E-state index in [1.165, 1.54) is 24.1 Å². The lowest BCUT2D eigenvalue weighted by molar-refractivity contribution is -0.135. The number of benzene rings is 1. The number of Topliss-reactive ketones (excluding diaryl/α,β-unsaturated/α-hetero) is 1. The lowest BCUT2D eigenvalue weighted by Crippen LogP contribution is -2.46. The molecule has 37 heavy (non-hydrogen) atoms. The first-order valence-electron chi connectivity index (χ1n) is 12.7. The molecule has 1 aromatic carbocycles. The van der Waals surface area contributed by atoms with Crippen molar-refractivity contribution in [2.75, 3.05) is 20.1 Å². The van der Waals surface area contributed by atoms with Crippen molar-refractivity contribution in [3.8, 4) is 0 Å². The zero-order valence-corrected chi connectivity index (χ0v) is 21.0. The molecule has 0 aromatic heterocycles. The van der Waals surface area contributed by atoms with Crippen LogP contribution in [0.5, 0.6) is 0 Å². The SMILES string of the molecule is CNC(=O)NC1=CC=C2C(CC[C@]23CN(CC(=O)N(Cc2ccc(F)cc2)[C@H](C)C2CC2)C(=O)O3)C1=O. The molecular formula is C27H31FN4O5. The van der Waals surface area contributed by atoms with Gasteiger partial charge in [0.1, 0.15) is 12.4 Å². The number of carbonyl (C=O) groups excluding carboxylic acids is 4. The van der Waals surface area contributed by atoms with Crippen LogP contribution in [-0.2, 0) is 20.9 Å². The van der Waals surface area contributed by atoms with Gasteiger partial charge < -0.3 is 20.3 Å². The Morgan fingerprint density at radius 1 is 1.19 bits per heavy atom. The van der Waals surface area contributed by atoms with Gasteiger partial charge in [0, 0.05) is 25.6 Å². The van der Waals surface area contributed by atoms with E-state index in [9.17, 15) is 23.6 Å². The summed E-state index contributed by atoms with van der Waals surface area (Å²) in [5.74, 6) is -0.811. The van der Waals surface area contributed by atoms with Gasteiger partial charge in [-0.3, -0.25) is 14.5 Å². The number of ether oxygens (including phenoxy) is 1. The Kier molecular flexibility index (Phi) is 6.51. The Bertz CT molecular complexity index is 1190. The molecule has 2 N–H and O–H groups in total. The van der Waals surface area contributed by atoms with Crippen LogP contribution < -0.4 is 10.6 Å². The van der Waals surface area contributed by atoms with E-state index in [-0.39, 0.29) is 42.3 Å². The third-order valence-corrected chi connectivity index (χ3v) is 7.92. The van der Waals surface area contributed by atoms with Crippen LogP contribution in [0.1, 0.15) is 38.2 Å². The van der Waals surface area contributed by atoms with Crippen LogP contribution >= 0.6 is 0 Å². The molecule has 3 fully saturated rings. The van der Waals surface area contributed by atoms with Crippen molar-refractivity contribution in [2.24, 2.45) is 11.8 Å². The van der Waals surface area contributed by atoms with Crippen LogP contribution in [0.4, 0.5) is 14.0 Å². The molecular weight excluding hydrogens is 479 g/mol. The second-order valence-corrected chi connectivity index (χ2v) is 10.3. The summed E-state index contributed by atoms with van der Waals surface area (Å²) in [4.78, 5) is 54.2. The van der Waals surface area contributed by atoms with Crippen LogP contribution in [0.15, 0.2) is 47.7 Å². The van der Waals surface area contributed by atoms with Crippen molar-refractivity contribution in [2.45, 2.75) is 50.8 Å². The number of ketones is 1. The molecule has 10 heteroatoms. The number of allylic oxidation sites excluding steroid dienone is 3. The molecule has 3 atom stereocenters. The molecule has 4 aliphatic rings. The van der Waals surface area contributed by atoms with Crippen molar-refractivity contribution in [3.63, 3.8) is 0 Å². The molecule has 9 nitrogen and oxygen atoms in total. The molecule has 5 rings (SSSR count). The Balaban J connectivity index is 1.31. The number of nitrogens with zero attached hydrogens (tertiary/aromatic N) is 2. The minimum atomic E-state index is -0.962. The molecule has 196 valence electrons. The fraction of sp³-hybridized carbons (Fsp3) is 0.481. The topological polar surface area (TPSA) is 108 Å². The number of fused-ring (bicyclic) bond motifs is 2. The van der Waals surface area contributed by atoms with Crippen LogP contribution in [0.25, 0.3) is 0 Å². The number of amides is 4. The van der Waals surface area contributed by atoms with Crippen molar-refractivity contribution in [1.82, 2.24) is 20.4 Å². The molecule has 0 bridgehead atoms. The van der Waals surface area contributed by atoms with E-state index >= 15 is 0 Å². The summed E-state index contributed by atoms with van der Waals surface area (Å²) >= 11 is 0. The van der Waals surface area contributed by atoms with Gasteiger partial charge in [-0.05, 0) is 67.9 Å². The number of nitrogens with one attached hydrogen (secondary N) is 2. The minimum absolute atomic E-state index is 0.00366. The number of hydrogen-bond donors (Lipinski definition) is 2. The first-order valence-corrected chi connectivity index (χ1v) is 12.7. The van der Waals surface area contributed by atoms with E-state index in [0.29, 0.717) is 30.9 Å². The molecule has 1 spiro atoms. The second-order valence-electron chi connectivity index (χ2n) is 10.3. The summed E-state index contributed by atoms with van der Waals surface area (Å²) in [7, 11) is 1.47. The smallest absolute Gasteiger partial charge is 0.411 e. The highest BCUT2D eigenvalue weighted by Crippen LogP contribution is 2.48. The first kappa shape index (κ1) is 25.0. The molecule has 1 aromatic rings. The van der Waals surface area contributed by atoms with E-state index in [1.807, 2.05) is 6.92 Å². The summed E-state index contributed by atoms with van der Waals surface area (Å²) in [5.41, 5.74) is 0.765. The lowest BCUT2D eigenvalue weighted by atomic mass is 9.85. The predicted octanol–water partition coefficient (Wildman–Crippen LogP) is 2.88. The Hall–Kier alpha value is -3.69. The number of halogens is 1. The minimum Gasteiger partial charge on any atom is -0.436 e. The fourth-order valence-corrected chi connectivity index (χ4v) is 5.64. The van der Waals surface area contributed by atoms with Gasteiger partial charge in [-0.1, -0.05) is 18.2 Å². The molecule has 1 aliphatic heterocycles. The summed E-state index contributed by atoms with van der Waals surface area (Å²) in [6.45, 7) is 2.39. The predicted molar refractivity (Wildman–Crippen MR) is 131 cm³/mol. The Morgan fingerprint density at radius 2 is 1.92 bits per heavy atom.